The van der Waals surface area contributed by atoms with Gasteiger partial charge in [0.15, 0.2) is 0 Å². The van der Waals surface area contributed by atoms with E-state index in [9.17, 15) is 8.78 Å². The summed E-state index contributed by atoms with van der Waals surface area (Å²) in [6, 6.07) is 14.8. The van der Waals surface area contributed by atoms with Gasteiger partial charge in [0.1, 0.15) is 5.75 Å². The molecule has 0 aliphatic heterocycles. The second kappa shape index (κ2) is 7.41. The molecule has 0 heterocycles. The average molecular weight is 356 g/mol. The summed E-state index contributed by atoms with van der Waals surface area (Å²) in [4.78, 5) is 0. The normalized spacial score (nSPS) is 12.2. The lowest BCUT2D eigenvalue weighted by atomic mass is 10.1. The Bertz CT molecular complexity index is 575. The van der Waals surface area contributed by atoms with E-state index >= 15 is 0 Å². The predicted molar refractivity (Wildman–Crippen MR) is 84.0 cm³/mol. The molecule has 2 nitrogen and oxygen atoms in total. The summed E-state index contributed by atoms with van der Waals surface area (Å²) in [5, 5.41) is 3.21. The lowest BCUT2D eigenvalue weighted by molar-refractivity contribution is -0.0493. The van der Waals surface area contributed by atoms with E-state index in [0.29, 0.717) is 5.69 Å². The molecule has 0 aliphatic rings. The maximum absolute atomic E-state index is 12.4. The summed E-state index contributed by atoms with van der Waals surface area (Å²) in [7, 11) is 0. The molecule has 112 valence electrons. The highest BCUT2D eigenvalue weighted by Crippen LogP contribution is 2.26. The van der Waals surface area contributed by atoms with E-state index in [0.717, 1.165) is 10.9 Å². The van der Waals surface area contributed by atoms with Crippen molar-refractivity contribution in [2.75, 3.05) is 5.32 Å². The van der Waals surface area contributed by atoms with Crippen molar-refractivity contribution in [1.29, 1.82) is 0 Å². The van der Waals surface area contributed by atoms with Gasteiger partial charge in [-0.25, -0.2) is 0 Å². The van der Waals surface area contributed by atoms with Crippen LogP contribution in [-0.2, 0) is 6.42 Å². The number of hydrogen-bond donors (Lipinski definition) is 1. The minimum absolute atomic E-state index is 0.0913. The van der Waals surface area contributed by atoms with E-state index < -0.39 is 6.61 Å². The minimum Gasteiger partial charge on any atom is -0.433 e. The van der Waals surface area contributed by atoms with Crippen LogP contribution in [0.2, 0.25) is 0 Å². The molecular formula is C16H16BrF2NO. The van der Waals surface area contributed by atoms with Gasteiger partial charge in [-0.15, -0.1) is 0 Å². The maximum atomic E-state index is 12.4. The van der Waals surface area contributed by atoms with E-state index in [4.69, 9.17) is 0 Å². The van der Waals surface area contributed by atoms with Crippen molar-refractivity contribution in [3.63, 3.8) is 0 Å². The van der Waals surface area contributed by atoms with E-state index in [2.05, 4.69) is 26.0 Å². The molecule has 0 aromatic heterocycles. The number of rotatable bonds is 6. The van der Waals surface area contributed by atoms with E-state index in [-0.39, 0.29) is 11.8 Å². The van der Waals surface area contributed by atoms with Crippen molar-refractivity contribution in [3.8, 4) is 5.75 Å². The molecule has 0 radical (unpaired) electrons. The first-order valence-electron chi connectivity index (χ1n) is 6.59. The zero-order chi connectivity index (χ0) is 15.2. The first-order valence-corrected chi connectivity index (χ1v) is 7.38. The second-order valence-electron chi connectivity index (χ2n) is 4.75. The van der Waals surface area contributed by atoms with Crippen LogP contribution < -0.4 is 10.1 Å². The van der Waals surface area contributed by atoms with Crippen molar-refractivity contribution in [3.05, 3.63) is 58.6 Å². The molecule has 0 saturated carbocycles. The van der Waals surface area contributed by atoms with Crippen molar-refractivity contribution >= 4 is 21.6 Å². The average Bonchev–Trinajstić information content (AvgIpc) is 2.43. The van der Waals surface area contributed by atoms with Gasteiger partial charge in [-0.1, -0.05) is 40.2 Å². The largest absolute Gasteiger partial charge is 0.433 e. The van der Waals surface area contributed by atoms with Crippen molar-refractivity contribution in [2.24, 2.45) is 0 Å². The van der Waals surface area contributed by atoms with Crippen LogP contribution in [0.5, 0.6) is 5.75 Å². The molecule has 0 spiro atoms. The molecule has 0 amide bonds. The highest BCUT2D eigenvalue weighted by Gasteiger charge is 2.11. The third-order valence-corrected chi connectivity index (χ3v) is 3.49. The van der Waals surface area contributed by atoms with Crippen LogP contribution >= 0.6 is 15.9 Å². The van der Waals surface area contributed by atoms with Gasteiger partial charge in [0, 0.05) is 10.5 Å². The SMILES string of the molecule is CC(Cc1ccc(Br)cc1)Nc1ccccc1OC(F)F. The molecule has 2 aromatic rings. The Balaban J connectivity index is 2.02. The predicted octanol–water partition coefficient (Wildman–Crippen LogP) is 5.09. The van der Waals surface area contributed by atoms with Crippen LogP contribution in [0.15, 0.2) is 53.0 Å². The number of anilines is 1. The van der Waals surface area contributed by atoms with E-state index in [1.807, 2.05) is 31.2 Å². The molecule has 2 aromatic carbocycles. The topological polar surface area (TPSA) is 21.3 Å². The van der Waals surface area contributed by atoms with Crippen molar-refractivity contribution in [1.82, 2.24) is 0 Å². The fraction of sp³-hybridized carbons (Fsp3) is 0.250. The highest BCUT2D eigenvalue weighted by molar-refractivity contribution is 9.10. The molecule has 5 heteroatoms. The summed E-state index contributed by atoms with van der Waals surface area (Å²) >= 11 is 3.39. The van der Waals surface area contributed by atoms with Crippen molar-refractivity contribution in [2.45, 2.75) is 26.0 Å². The molecule has 0 saturated heterocycles. The molecular weight excluding hydrogens is 340 g/mol. The molecule has 0 fully saturated rings. The van der Waals surface area contributed by atoms with Crippen LogP contribution in [0.4, 0.5) is 14.5 Å². The Morgan fingerprint density at radius 2 is 1.76 bits per heavy atom. The summed E-state index contributed by atoms with van der Waals surface area (Å²) in [6.45, 7) is -0.823. The number of ether oxygens (including phenoxy) is 1. The standard InChI is InChI=1S/C16H16BrF2NO/c1-11(10-12-6-8-13(17)9-7-12)20-14-4-2-3-5-15(14)21-16(18)19/h2-9,11,16,20H,10H2,1H3. The smallest absolute Gasteiger partial charge is 0.387 e. The van der Waals surface area contributed by atoms with Crippen LogP contribution in [-0.4, -0.2) is 12.7 Å². The van der Waals surface area contributed by atoms with Gasteiger partial charge in [0.2, 0.25) is 0 Å². The van der Waals surface area contributed by atoms with Gasteiger partial charge in [-0.2, -0.15) is 8.78 Å². The molecule has 1 N–H and O–H groups in total. The van der Waals surface area contributed by atoms with Gasteiger partial charge in [0.05, 0.1) is 5.69 Å². The van der Waals surface area contributed by atoms with Gasteiger partial charge < -0.3 is 10.1 Å². The van der Waals surface area contributed by atoms with Gasteiger partial charge in [-0.3, -0.25) is 0 Å². The molecule has 0 bridgehead atoms. The zero-order valence-corrected chi connectivity index (χ0v) is 13.1. The number of benzene rings is 2. The summed E-state index contributed by atoms with van der Waals surface area (Å²) < 4.78 is 30.3. The molecule has 1 unspecified atom stereocenters. The molecule has 21 heavy (non-hydrogen) atoms. The number of nitrogens with one attached hydrogen (secondary N) is 1. The third kappa shape index (κ3) is 5.01. The summed E-state index contributed by atoms with van der Waals surface area (Å²) in [5.74, 6) is 0.162. The summed E-state index contributed by atoms with van der Waals surface area (Å²) in [6.07, 6.45) is 0.788. The van der Waals surface area contributed by atoms with E-state index in [1.54, 1.807) is 18.2 Å². The number of halogens is 3. The number of hydrogen-bond acceptors (Lipinski definition) is 2. The van der Waals surface area contributed by atoms with Gasteiger partial charge in [0.25, 0.3) is 0 Å². The Morgan fingerprint density at radius 1 is 1.10 bits per heavy atom. The minimum atomic E-state index is -2.82. The van der Waals surface area contributed by atoms with Crippen LogP contribution in [0.1, 0.15) is 12.5 Å². The third-order valence-electron chi connectivity index (χ3n) is 2.96. The van der Waals surface area contributed by atoms with Gasteiger partial charge in [-0.05, 0) is 43.2 Å². The van der Waals surface area contributed by atoms with Gasteiger partial charge >= 0.3 is 6.61 Å². The summed E-state index contributed by atoms with van der Waals surface area (Å²) in [5.41, 5.74) is 1.74. The lowest BCUT2D eigenvalue weighted by Crippen LogP contribution is -2.19. The quantitative estimate of drug-likeness (QED) is 0.778. The van der Waals surface area contributed by atoms with Crippen LogP contribution in [0, 0.1) is 0 Å². The number of alkyl halides is 2. The highest BCUT2D eigenvalue weighted by atomic mass is 79.9. The molecule has 1 atom stereocenters. The first kappa shape index (κ1) is 15.8. The Morgan fingerprint density at radius 3 is 2.43 bits per heavy atom. The molecule has 2 rings (SSSR count). The lowest BCUT2D eigenvalue weighted by Gasteiger charge is -2.18. The van der Waals surface area contributed by atoms with Crippen molar-refractivity contribution < 1.29 is 13.5 Å². The molecule has 0 aliphatic carbocycles. The Kier molecular flexibility index (Phi) is 5.56. The number of para-hydroxylation sites is 2. The zero-order valence-electron chi connectivity index (χ0n) is 11.5. The first-order chi connectivity index (χ1) is 10.0. The second-order valence-corrected chi connectivity index (χ2v) is 5.67. The fourth-order valence-corrected chi connectivity index (χ4v) is 2.34. The Hall–Kier alpha value is -1.62. The maximum Gasteiger partial charge on any atom is 0.387 e. The van der Waals surface area contributed by atoms with Crippen LogP contribution in [0.25, 0.3) is 0 Å². The monoisotopic (exact) mass is 355 g/mol. The fourth-order valence-electron chi connectivity index (χ4n) is 2.08. The van der Waals surface area contributed by atoms with Crippen LogP contribution in [0.3, 0.4) is 0 Å². The van der Waals surface area contributed by atoms with E-state index in [1.165, 1.54) is 11.6 Å². The Labute approximate surface area is 131 Å².